The Morgan fingerprint density at radius 3 is 2.58 bits per heavy atom. The molecule has 2 aromatic carbocycles. The number of amides is 1. The first-order chi connectivity index (χ1) is 12.2. The molecule has 0 unspecified atom stereocenters. The molecule has 1 amide bonds. The molecule has 6 heteroatoms. The van der Waals surface area contributed by atoms with Crippen molar-refractivity contribution in [3.8, 4) is 16.9 Å². The highest BCUT2D eigenvalue weighted by Crippen LogP contribution is 2.45. The molecule has 1 atom stereocenters. The molecule has 0 saturated heterocycles. The van der Waals surface area contributed by atoms with Gasteiger partial charge in [-0.1, -0.05) is 19.9 Å². The molecule has 1 aliphatic rings. The number of nitrogens with one attached hydrogen (secondary N) is 1. The topological polar surface area (TPSA) is 58.6 Å². The third-order valence-corrected chi connectivity index (χ3v) is 5.09. The second-order valence-corrected chi connectivity index (χ2v) is 7.25. The van der Waals surface area contributed by atoms with Gasteiger partial charge in [-0.2, -0.15) is 0 Å². The van der Waals surface area contributed by atoms with Crippen LogP contribution in [0.2, 0.25) is 0 Å². The second-order valence-electron chi connectivity index (χ2n) is 7.25. The molecule has 0 radical (unpaired) electrons. The summed E-state index contributed by atoms with van der Waals surface area (Å²) in [6.07, 6.45) is 0.316. The maximum atomic E-state index is 14.8. The number of carboxylic acid groups (broad SMARTS) is 1. The van der Waals surface area contributed by atoms with Gasteiger partial charge in [-0.3, -0.25) is 0 Å². The molecule has 2 N–H and O–H groups in total. The van der Waals surface area contributed by atoms with Gasteiger partial charge in [-0.15, -0.1) is 0 Å². The lowest BCUT2D eigenvalue weighted by Crippen LogP contribution is -2.40. The van der Waals surface area contributed by atoms with Crippen molar-refractivity contribution in [2.75, 3.05) is 7.11 Å². The molecule has 0 spiro atoms. The SMILES string of the molecule is COc1ccc(-c2cc3c(cc2F)[C@@H](NC(=O)O)C(C)(C)CC3)cc1F. The van der Waals surface area contributed by atoms with Crippen LogP contribution in [0.5, 0.6) is 5.75 Å². The molecule has 138 valence electrons. The first-order valence-electron chi connectivity index (χ1n) is 8.38. The normalized spacial score (nSPS) is 18.1. The van der Waals surface area contributed by atoms with Crippen LogP contribution < -0.4 is 10.1 Å². The molecule has 0 bridgehead atoms. The zero-order chi connectivity index (χ0) is 19.1. The molecule has 1 aliphatic carbocycles. The lowest BCUT2D eigenvalue weighted by molar-refractivity contribution is 0.161. The number of hydrogen-bond acceptors (Lipinski definition) is 2. The minimum absolute atomic E-state index is 0.0968. The highest BCUT2D eigenvalue weighted by Gasteiger charge is 2.37. The smallest absolute Gasteiger partial charge is 0.405 e. The zero-order valence-electron chi connectivity index (χ0n) is 14.9. The van der Waals surface area contributed by atoms with Crippen molar-refractivity contribution in [1.82, 2.24) is 5.32 Å². The highest BCUT2D eigenvalue weighted by atomic mass is 19.1. The molecular weight excluding hydrogens is 340 g/mol. The average molecular weight is 361 g/mol. The van der Waals surface area contributed by atoms with Crippen molar-refractivity contribution in [1.29, 1.82) is 0 Å². The van der Waals surface area contributed by atoms with E-state index in [1.807, 2.05) is 13.8 Å². The van der Waals surface area contributed by atoms with E-state index in [2.05, 4.69) is 5.32 Å². The van der Waals surface area contributed by atoms with Crippen LogP contribution in [0.25, 0.3) is 11.1 Å². The quantitative estimate of drug-likeness (QED) is 0.816. The van der Waals surface area contributed by atoms with Gasteiger partial charge in [0.2, 0.25) is 0 Å². The molecule has 26 heavy (non-hydrogen) atoms. The Morgan fingerprint density at radius 2 is 1.96 bits per heavy atom. The summed E-state index contributed by atoms with van der Waals surface area (Å²) < 4.78 is 33.7. The van der Waals surface area contributed by atoms with Gasteiger partial charge in [-0.05, 0) is 59.2 Å². The minimum Gasteiger partial charge on any atom is -0.494 e. The van der Waals surface area contributed by atoms with E-state index in [9.17, 15) is 13.6 Å². The van der Waals surface area contributed by atoms with Crippen molar-refractivity contribution in [3.05, 3.63) is 53.1 Å². The largest absolute Gasteiger partial charge is 0.494 e. The Kier molecular flexibility index (Phi) is 4.61. The fraction of sp³-hybridized carbons (Fsp3) is 0.350. The molecule has 4 nitrogen and oxygen atoms in total. The number of methoxy groups -OCH3 is 1. The van der Waals surface area contributed by atoms with Gasteiger partial charge in [0.05, 0.1) is 13.2 Å². The van der Waals surface area contributed by atoms with Gasteiger partial charge in [0.1, 0.15) is 5.82 Å². The Bertz CT molecular complexity index is 864. The predicted molar refractivity (Wildman–Crippen MR) is 94.3 cm³/mol. The van der Waals surface area contributed by atoms with Gasteiger partial charge in [0.15, 0.2) is 11.6 Å². The van der Waals surface area contributed by atoms with E-state index in [1.54, 1.807) is 12.1 Å². The number of halogens is 2. The van der Waals surface area contributed by atoms with Crippen molar-refractivity contribution < 1.29 is 23.4 Å². The predicted octanol–water partition coefficient (Wildman–Crippen LogP) is 4.92. The van der Waals surface area contributed by atoms with Crippen LogP contribution in [-0.4, -0.2) is 18.3 Å². The summed E-state index contributed by atoms with van der Waals surface area (Å²) in [4.78, 5) is 11.2. The monoisotopic (exact) mass is 361 g/mol. The lowest BCUT2D eigenvalue weighted by Gasteiger charge is -2.40. The lowest BCUT2D eigenvalue weighted by atomic mass is 9.70. The number of benzene rings is 2. The standard InChI is InChI=1S/C20H21F2NO3/c1-20(2)7-6-12-8-13(11-4-5-17(26-3)16(22)9-11)15(21)10-14(12)18(20)23-19(24)25/h4-5,8-10,18,23H,6-7H2,1-3H3,(H,24,25)/t18-/m1/s1. The van der Waals surface area contributed by atoms with Gasteiger partial charge >= 0.3 is 6.09 Å². The van der Waals surface area contributed by atoms with Gasteiger partial charge in [-0.25, -0.2) is 13.6 Å². The average Bonchev–Trinajstić information content (AvgIpc) is 2.57. The number of ether oxygens (including phenoxy) is 1. The third kappa shape index (κ3) is 3.23. The summed E-state index contributed by atoms with van der Waals surface area (Å²) >= 11 is 0. The Hall–Kier alpha value is -2.63. The van der Waals surface area contributed by atoms with Crippen molar-refractivity contribution in [3.63, 3.8) is 0 Å². The number of fused-ring (bicyclic) bond motifs is 1. The fourth-order valence-corrected chi connectivity index (χ4v) is 3.59. The first kappa shape index (κ1) is 18.2. The molecule has 0 aromatic heterocycles. The molecule has 3 rings (SSSR count). The van der Waals surface area contributed by atoms with Crippen LogP contribution in [0.15, 0.2) is 30.3 Å². The van der Waals surface area contributed by atoms with Crippen LogP contribution in [-0.2, 0) is 6.42 Å². The maximum absolute atomic E-state index is 14.8. The van der Waals surface area contributed by atoms with Crippen molar-refractivity contribution in [2.45, 2.75) is 32.7 Å². The summed E-state index contributed by atoms with van der Waals surface area (Å²) in [5, 5.41) is 11.7. The fourth-order valence-electron chi connectivity index (χ4n) is 3.59. The Morgan fingerprint density at radius 1 is 1.23 bits per heavy atom. The summed E-state index contributed by atoms with van der Waals surface area (Å²) in [6, 6.07) is 6.86. The van der Waals surface area contributed by atoms with E-state index in [1.165, 1.54) is 25.3 Å². The first-order valence-corrected chi connectivity index (χ1v) is 8.38. The zero-order valence-corrected chi connectivity index (χ0v) is 14.9. The Labute approximate surface area is 150 Å². The molecule has 0 aliphatic heterocycles. The second kappa shape index (κ2) is 6.59. The van der Waals surface area contributed by atoms with E-state index >= 15 is 0 Å². The molecule has 0 heterocycles. The van der Waals surface area contributed by atoms with Crippen LogP contribution in [0, 0.1) is 17.0 Å². The summed E-state index contributed by atoms with van der Waals surface area (Å²) in [7, 11) is 1.37. The van der Waals surface area contributed by atoms with Gasteiger partial charge < -0.3 is 15.2 Å². The maximum Gasteiger partial charge on any atom is 0.405 e. The number of hydrogen-bond donors (Lipinski definition) is 2. The Balaban J connectivity index is 2.08. The third-order valence-electron chi connectivity index (χ3n) is 5.09. The van der Waals surface area contributed by atoms with Crippen LogP contribution in [0.1, 0.15) is 37.4 Å². The van der Waals surface area contributed by atoms with Gasteiger partial charge in [0, 0.05) is 5.56 Å². The number of rotatable bonds is 3. The summed E-state index contributed by atoms with van der Waals surface area (Å²) in [5.41, 5.74) is 1.89. The van der Waals surface area contributed by atoms with Crippen LogP contribution in [0.4, 0.5) is 13.6 Å². The van der Waals surface area contributed by atoms with E-state index in [0.717, 1.165) is 12.0 Å². The van der Waals surface area contributed by atoms with E-state index in [-0.39, 0.29) is 11.2 Å². The molecule has 0 saturated carbocycles. The molecular formula is C20H21F2NO3. The molecule has 0 fully saturated rings. The van der Waals surface area contributed by atoms with Crippen LogP contribution >= 0.6 is 0 Å². The van der Waals surface area contributed by atoms with E-state index in [4.69, 9.17) is 9.84 Å². The van der Waals surface area contributed by atoms with Crippen molar-refractivity contribution >= 4 is 6.09 Å². The van der Waals surface area contributed by atoms with Gasteiger partial charge in [0.25, 0.3) is 0 Å². The highest BCUT2D eigenvalue weighted by molar-refractivity contribution is 5.69. The molecule has 2 aromatic rings. The number of aryl methyl sites for hydroxylation is 1. The summed E-state index contributed by atoms with van der Waals surface area (Å²) in [6.45, 7) is 3.92. The van der Waals surface area contributed by atoms with Crippen LogP contribution in [0.3, 0.4) is 0 Å². The van der Waals surface area contributed by atoms with Crippen molar-refractivity contribution in [2.24, 2.45) is 5.41 Å². The van der Waals surface area contributed by atoms with E-state index < -0.39 is 23.8 Å². The number of carbonyl (C=O) groups is 1. The van der Waals surface area contributed by atoms with E-state index in [0.29, 0.717) is 23.1 Å². The summed E-state index contributed by atoms with van der Waals surface area (Å²) in [5.74, 6) is -0.975. The minimum atomic E-state index is -1.14.